The Bertz CT molecular complexity index is 1060. The normalized spacial score (nSPS) is 13.8. The van der Waals surface area contributed by atoms with E-state index in [1.165, 1.54) is 0 Å². The van der Waals surface area contributed by atoms with Crippen molar-refractivity contribution in [3.8, 4) is 0 Å². The Morgan fingerprint density at radius 1 is 1.19 bits per heavy atom. The third-order valence-electron chi connectivity index (χ3n) is 5.09. The zero-order valence-corrected chi connectivity index (χ0v) is 18.5. The lowest BCUT2D eigenvalue weighted by Crippen LogP contribution is -2.34. The number of rotatable bonds is 7. The van der Waals surface area contributed by atoms with Crippen molar-refractivity contribution in [2.24, 2.45) is 4.99 Å². The minimum atomic E-state index is 0.0387. The number of amidine groups is 1. The minimum absolute atomic E-state index is 0.0387. The summed E-state index contributed by atoms with van der Waals surface area (Å²) in [4.78, 5) is 18.3. The van der Waals surface area contributed by atoms with Crippen LogP contribution in [0.25, 0.3) is 5.70 Å². The minimum Gasteiger partial charge on any atom is -0.338 e. The van der Waals surface area contributed by atoms with Crippen molar-refractivity contribution in [3.05, 3.63) is 90.4 Å². The highest BCUT2D eigenvalue weighted by atomic mass is 16.1. The zero-order valence-electron chi connectivity index (χ0n) is 18.5. The number of hydrogen-bond acceptors (Lipinski definition) is 6. The van der Waals surface area contributed by atoms with Crippen LogP contribution in [0.15, 0.2) is 84.3 Å². The summed E-state index contributed by atoms with van der Waals surface area (Å²) in [5.74, 6) is 0.700. The summed E-state index contributed by atoms with van der Waals surface area (Å²) >= 11 is 0. The Kier molecular flexibility index (Phi) is 7.05. The molecule has 0 aromatic heterocycles. The maximum Gasteiger partial charge on any atom is 0.159 e. The smallest absolute Gasteiger partial charge is 0.159 e. The Balaban J connectivity index is 1.84. The number of ketones is 1. The largest absolute Gasteiger partial charge is 0.338 e. The van der Waals surface area contributed by atoms with E-state index < -0.39 is 0 Å². The average Bonchev–Trinajstić information content (AvgIpc) is 2.78. The molecule has 6 nitrogen and oxygen atoms in total. The summed E-state index contributed by atoms with van der Waals surface area (Å²) in [7, 11) is 1.90. The molecule has 0 unspecified atom stereocenters. The summed E-state index contributed by atoms with van der Waals surface area (Å²) in [5, 5.41) is 5.44. The predicted octanol–water partition coefficient (Wildman–Crippen LogP) is 5.02. The molecule has 0 saturated carbocycles. The first-order valence-corrected chi connectivity index (χ1v) is 10.3. The first kappa shape index (κ1) is 22.1. The summed E-state index contributed by atoms with van der Waals surface area (Å²) in [6.07, 6.45) is 5.62. The second kappa shape index (κ2) is 9.91. The first-order valence-electron chi connectivity index (χ1n) is 10.3. The standard InChI is InChI=1S/C25H29N5O/c1-6-24(21-11-8-10-20(16-21)19(4)31)29-15-14-27-25(18(29)3)28-22-12-9-13-23(17-22)30(7-2)26-5/h6,8-17,26H,3,7H2,1-2,4-5H3,(H,27,28)/b24-6-. The molecule has 1 aliphatic rings. The van der Waals surface area contributed by atoms with Gasteiger partial charge in [-0.2, -0.15) is 0 Å². The summed E-state index contributed by atoms with van der Waals surface area (Å²) < 4.78 is 0. The molecule has 2 aromatic carbocycles. The predicted molar refractivity (Wildman–Crippen MR) is 130 cm³/mol. The molecule has 0 aliphatic carbocycles. The number of aliphatic imine (C=N–C) groups is 1. The van der Waals surface area contributed by atoms with E-state index >= 15 is 0 Å². The molecule has 2 aromatic rings. The molecular formula is C25H29N5O. The van der Waals surface area contributed by atoms with E-state index in [9.17, 15) is 4.79 Å². The molecule has 1 heterocycles. The van der Waals surface area contributed by atoms with Crippen molar-refractivity contribution < 1.29 is 4.79 Å². The van der Waals surface area contributed by atoms with E-state index in [0.29, 0.717) is 11.4 Å². The number of carbonyl (C=O) groups is 1. The van der Waals surface area contributed by atoms with Gasteiger partial charge in [-0.05, 0) is 50.6 Å². The van der Waals surface area contributed by atoms with E-state index in [0.717, 1.165) is 34.9 Å². The van der Waals surface area contributed by atoms with Crippen LogP contribution in [0.3, 0.4) is 0 Å². The molecule has 0 fully saturated rings. The number of benzene rings is 2. The molecule has 31 heavy (non-hydrogen) atoms. The molecule has 0 spiro atoms. The number of anilines is 2. The zero-order chi connectivity index (χ0) is 22.4. The van der Waals surface area contributed by atoms with Crippen molar-refractivity contribution in [1.82, 2.24) is 10.3 Å². The van der Waals surface area contributed by atoms with Gasteiger partial charge in [0.05, 0.1) is 11.4 Å². The Labute approximate surface area is 184 Å². The molecule has 0 bridgehead atoms. The van der Waals surface area contributed by atoms with Crippen LogP contribution >= 0.6 is 0 Å². The van der Waals surface area contributed by atoms with Crippen molar-refractivity contribution in [1.29, 1.82) is 0 Å². The fourth-order valence-corrected chi connectivity index (χ4v) is 3.48. The Morgan fingerprint density at radius 3 is 2.61 bits per heavy atom. The van der Waals surface area contributed by atoms with Gasteiger partial charge in [-0.15, -0.1) is 0 Å². The number of allylic oxidation sites excluding steroid dienone is 1. The first-order chi connectivity index (χ1) is 15.0. The van der Waals surface area contributed by atoms with Gasteiger partial charge in [-0.1, -0.05) is 36.9 Å². The van der Waals surface area contributed by atoms with Gasteiger partial charge in [0.2, 0.25) is 0 Å². The Morgan fingerprint density at radius 2 is 1.94 bits per heavy atom. The van der Waals surface area contributed by atoms with Gasteiger partial charge in [-0.3, -0.25) is 4.79 Å². The van der Waals surface area contributed by atoms with E-state index in [-0.39, 0.29) is 5.78 Å². The lowest BCUT2D eigenvalue weighted by Gasteiger charge is -2.29. The Hall–Kier alpha value is -3.64. The highest BCUT2D eigenvalue weighted by Gasteiger charge is 2.20. The fraction of sp³-hybridized carbons (Fsp3) is 0.200. The molecular weight excluding hydrogens is 386 g/mol. The summed E-state index contributed by atoms with van der Waals surface area (Å²) in [6.45, 7) is 10.7. The molecule has 6 heteroatoms. The lowest BCUT2D eigenvalue weighted by molar-refractivity contribution is 0.101. The second-order valence-corrected chi connectivity index (χ2v) is 7.05. The van der Waals surface area contributed by atoms with Crippen LogP contribution in [0.1, 0.15) is 36.7 Å². The third-order valence-corrected chi connectivity index (χ3v) is 5.09. The van der Waals surface area contributed by atoms with E-state index in [1.807, 2.05) is 67.5 Å². The number of nitrogens with one attached hydrogen (secondary N) is 2. The SMILES string of the molecule is C=C1C(Nc2cccc(N(CC)NC)c2)=NC=CN1/C(=C\C)c1cccc(C(C)=O)c1. The maximum absolute atomic E-state index is 11.8. The van der Waals surface area contributed by atoms with Gasteiger partial charge in [-0.25, -0.2) is 10.4 Å². The highest BCUT2D eigenvalue weighted by Crippen LogP contribution is 2.28. The van der Waals surface area contributed by atoms with Gasteiger partial charge < -0.3 is 15.2 Å². The van der Waals surface area contributed by atoms with Gasteiger partial charge in [0.1, 0.15) is 0 Å². The molecule has 0 radical (unpaired) electrons. The molecule has 2 N–H and O–H groups in total. The van der Waals surface area contributed by atoms with Gasteiger partial charge in [0.15, 0.2) is 11.6 Å². The van der Waals surface area contributed by atoms with Crippen LogP contribution in [0.5, 0.6) is 0 Å². The molecule has 0 atom stereocenters. The molecule has 0 saturated heterocycles. The van der Waals surface area contributed by atoms with Crippen LogP contribution in [-0.4, -0.2) is 30.1 Å². The van der Waals surface area contributed by atoms with Crippen molar-refractivity contribution in [2.75, 3.05) is 23.9 Å². The molecule has 160 valence electrons. The molecule has 1 aliphatic heterocycles. The van der Waals surface area contributed by atoms with Crippen LogP contribution < -0.4 is 15.8 Å². The number of nitrogens with zero attached hydrogens (tertiary/aromatic N) is 3. The van der Waals surface area contributed by atoms with Crippen LogP contribution in [0.4, 0.5) is 11.4 Å². The van der Waals surface area contributed by atoms with Gasteiger partial charge >= 0.3 is 0 Å². The second-order valence-electron chi connectivity index (χ2n) is 7.05. The summed E-state index contributed by atoms with van der Waals surface area (Å²) in [5.41, 5.74) is 8.42. The number of carbonyl (C=O) groups excluding carboxylic acids is 1. The fourth-order valence-electron chi connectivity index (χ4n) is 3.48. The van der Waals surface area contributed by atoms with E-state index in [4.69, 9.17) is 0 Å². The average molecular weight is 416 g/mol. The number of hydrazine groups is 1. The topological polar surface area (TPSA) is 60.0 Å². The molecule has 3 rings (SSSR count). The van der Waals surface area contributed by atoms with Gasteiger partial charge in [0, 0.05) is 42.9 Å². The van der Waals surface area contributed by atoms with E-state index in [1.54, 1.807) is 13.1 Å². The quantitative estimate of drug-likeness (QED) is 0.491. The molecule has 0 amide bonds. The van der Waals surface area contributed by atoms with Crippen LogP contribution in [-0.2, 0) is 0 Å². The maximum atomic E-state index is 11.8. The lowest BCUT2D eigenvalue weighted by atomic mass is 10.0. The van der Waals surface area contributed by atoms with Crippen molar-refractivity contribution in [3.63, 3.8) is 0 Å². The number of Topliss-reactive ketones (excluding diaryl/α,β-unsaturated/α-hetero) is 1. The number of hydrogen-bond donors (Lipinski definition) is 2. The monoisotopic (exact) mass is 415 g/mol. The van der Waals surface area contributed by atoms with E-state index in [2.05, 4.69) is 46.4 Å². The summed E-state index contributed by atoms with van der Waals surface area (Å²) in [6, 6.07) is 15.7. The van der Waals surface area contributed by atoms with Crippen LogP contribution in [0, 0.1) is 0 Å². The van der Waals surface area contributed by atoms with Crippen molar-refractivity contribution >= 4 is 28.7 Å². The highest BCUT2D eigenvalue weighted by molar-refractivity contribution is 6.09. The van der Waals surface area contributed by atoms with Crippen molar-refractivity contribution in [2.45, 2.75) is 20.8 Å². The van der Waals surface area contributed by atoms with Gasteiger partial charge in [0.25, 0.3) is 0 Å². The third kappa shape index (κ3) is 4.92. The van der Waals surface area contributed by atoms with Crippen LogP contribution in [0.2, 0.25) is 0 Å².